The van der Waals surface area contributed by atoms with E-state index in [4.69, 9.17) is 0 Å². The van der Waals surface area contributed by atoms with Gasteiger partial charge in [0.2, 0.25) is 0 Å². The zero-order valence-corrected chi connectivity index (χ0v) is 14.7. The number of likely N-dealkylation sites (tertiary alicyclic amines) is 1. The second-order valence-electron chi connectivity index (χ2n) is 6.40. The van der Waals surface area contributed by atoms with E-state index in [9.17, 15) is 14.0 Å². The molecule has 0 aliphatic carbocycles. The van der Waals surface area contributed by atoms with Crippen molar-refractivity contribution in [2.24, 2.45) is 0 Å². The molecule has 0 bridgehead atoms. The fraction of sp³-hybridized carbons (Fsp3) is 0.350. The van der Waals surface area contributed by atoms with E-state index in [1.165, 1.54) is 18.2 Å². The summed E-state index contributed by atoms with van der Waals surface area (Å²) in [5.74, 6) is -1.22. The third kappa shape index (κ3) is 3.90. The summed E-state index contributed by atoms with van der Waals surface area (Å²) in [5.41, 5.74) is 0.411. The van der Waals surface area contributed by atoms with E-state index in [-0.39, 0.29) is 29.0 Å². The smallest absolute Gasteiger partial charge is 0.274 e. The Balaban J connectivity index is 1.78. The van der Waals surface area contributed by atoms with Crippen molar-refractivity contribution in [2.45, 2.75) is 38.6 Å². The van der Waals surface area contributed by atoms with E-state index in [1.54, 1.807) is 24.3 Å². The van der Waals surface area contributed by atoms with Crippen LogP contribution in [0.25, 0.3) is 0 Å². The molecule has 1 aliphatic heterocycles. The van der Waals surface area contributed by atoms with Gasteiger partial charge in [0.25, 0.3) is 11.8 Å². The number of carbonyl (C=O) groups is 2. The summed E-state index contributed by atoms with van der Waals surface area (Å²) in [6.45, 7) is 2.78. The van der Waals surface area contributed by atoms with Crippen LogP contribution in [0.5, 0.6) is 0 Å². The van der Waals surface area contributed by atoms with Gasteiger partial charge >= 0.3 is 0 Å². The largest absolute Gasteiger partial charge is 0.334 e. The number of carbonyl (C=O) groups excluding carboxylic acids is 2. The molecule has 1 N–H and O–H groups in total. The average molecular weight is 355 g/mol. The highest BCUT2D eigenvalue weighted by Crippen LogP contribution is 2.21. The quantitative estimate of drug-likeness (QED) is 0.905. The molecule has 1 aromatic carbocycles. The molecule has 1 aromatic heterocycles. The lowest BCUT2D eigenvalue weighted by Crippen LogP contribution is -2.43. The Morgan fingerprint density at radius 2 is 1.92 bits per heavy atom. The Hall–Kier alpha value is -2.76. The molecule has 136 valence electrons. The van der Waals surface area contributed by atoms with Gasteiger partial charge in [-0.1, -0.05) is 25.1 Å². The summed E-state index contributed by atoms with van der Waals surface area (Å²) in [4.78, 5) is 31.3. The van der Waals surface area contributed by atoms with Crippen molar-refractivity contribution < 1.29 is 14.0 Å². The van der Waals surface area contributed by atoms with Crippen LogP contribution in [-0.4, -0.2) is 34.3 Å². The molecule has 1 unspecified atom stereocenters. The second kappa shape index (κ2) is 8.08. The standard InChI is InChI=1S/C20H22FN3O2/c1-2-14-8-5-6-13-24(14)20(26)18-12-7-11-17(22-18)19(25)23-16-10-4-3-9-15(16)21/h3-4,7,9-12,14H,2,5-6,8,13H2,1H3,(H,23,25). The molecule has 0 saturated carbocycles. The normalized spacial score (nSPS) is 17.0. The molecule has 0 spiro atoms. The van der Waals surface area contributed by atoms with Crippen LogP contribution >= 0.6 is 0 Å². The molecule has 2 aromatic rings. The minimum atomic E-state index is -0.546. The summed E-state index contributed by atoms with van der Waals surface area (Å²) in [6.07, 6.45) is 4.01. The molecule has 26 heavy (non-hydrogen) atoms. The molecular weight excluding hydrogens is 333 g/mol. The van der Waals surface area contributed by atoms with Crippen molar-refractivity contribution in [3.8, 4) is 0 Å². The van der Waals surface area contributed by atoms with Gasteiger partial charge in [-0.15, -0.1) is 0 Å². The van der Waals surface area contributed by atoms with E-state index < -0.39 is 11.7 Å². The van der Waals surface area contributed by atoms with Crippen molar-refractivity contribution in [1.82, 2.24) is 9.88 Å². The first kappa shape index (κ1) is 18.0. The number of halogens is 1. The summed E-state index contributed by atoms with van der Waals surface area (Å²) >= 11 is 0. The number of anilines is 1. The zero-order chi connectivity index (χ0) is 18.5. The molecule has 2 heterocycles. The zero-order valence-electron chi connectivity index (χ0n) is 14.7. The first-order valence-electron chi connectivity index (χ1n) is 8.94. The van der Waals surface area contributed by atoms with Gasteiger partial charge in [-0.3, -0.25) is 9.59 Å². The first-order chi connectivity index (χ1) is 12.6. The summed E-state index contributed by atoms with van der Waals surface area (Å²) in [5, 5.41) is 2.49. The van der Waals surface area contributed by atoms with E-state index in [0.29, 0.717) is 6.54 Å². The molecule has 0 radical (unpaired) electrons. The summed E-state index contributed by atoms with van der Waals surface area (Å²) in [7, 11) is 0. The topological polar surface area (TPSA) is 62.3 Å². The molecule has 5 nitrogen and oxygen atoms in total. The predicted octanol–water partition coefficient (Wildman–Crippen LogP) is 3.88. The molecule has 3 rings (SSSR count). The van der Waals surface area contributed by atoms with Gasteiger partial charge < -0.3 is 10.2 Å². The highest BCUT2D eigenvalue weighted by Gasteiger charge is 2.27. The number of nitrogens with zero attached hydrogens (tertiary/aromatic N) is 2. The SMILES string of the molecule is CCC1CCCCN1C(=O)c1cccc(C(=O)Nc2ccccc2F)n1. The Morgan fingerprint density at radius 1 is 1.15 bits per heavy atom. The lowest BCUT2D eigenvalue weighted by molar-refractivity contribution is 0.0602. The molecule has 1 atom stereocenters. The highest BCUT2D eigenvalue weighted by molar-refractivity contribution is 6.03. The fourth-order valence-electron chi connectivity index (χ4n) is 3.27. The van der Waals surface area contributed by atoms with E-state index >= 15 is 0 Å². The number of pyridine rings is 1. The highest BCUT2D eigenvalue weighted by atomic mass is 19.1. The number of nitrogens with one attached hydrogen (secondary N) is 1. The minimum absolute atomic E-state index is 0.0816. The van der Waals surface area contributed by atoms with Crippen LogP contribution in [0.15, 0.2) is 42.5 Å². The van der Waals surface area contributed by atoms with Crippen molar-refractivity contribution in [3.05, 3.63) is 59.7 Å². The lowest BCUT2D eigenvalue weighted by Gasteiger charge is -2.35. The molecule has 6 heteroatoms. The molecule has 2 amide bonds. The van der Waals surface area contributed by atoms with Crippen LogP contribution in [0.1, 0.15) is 53.6 Å². The Kier molecular flexibility index (Phi) is 5.61. The van der Waals surface area contributed by atoms with E-state index in [0.717, 1.165) is 25.7 Å². The van der Waals surface area contributed by atoms with Gasteiger partial charge in [-0.2, -0.15) is 0 Å². The first-order valence-corrected chi connectivity index (χ1v) is 8.94. The summed E-state index contributed by atoms with van der Waals surface area (Å²) in [6, 6.07) is 10.9. The van der Waals surface area contributed by atoms with Crippen molar-refractivity contribution in [3.63, 3.8) is 0 Å². The Morgan fingerprint density at radius 3 is 2.69 bits per heavy atom. The number of para-hydroxylation sites is 1. The van der Waals surface area contributed by atoms with Crippen LogP contribution in [-0.2, 0) is 0 Å². The Labute approximate surface area is 152 Å². The maximum absolute atomic E-state index is 13.7. The number of benzene rings is 1. The number of rotatable bonds is 4. The van der Waals surface area contributed by atoms with Crippen molar-refractivity contribution in [2.75, 3.05) is 11.9 Å². The van der Waals surface area contributed by atoms with Crippen LogP contribution in [0.4, 0.5) is 10.1 Å². The maximum Gasteiger partial charge on any atom is 0.274 e. The van der Waals surface area contributed by atoms with Crippen molar-refractivity contribution >= 4 is 17.5 Å². The minimum Gasteiger partial charge on any atom is -0.334 e. The number of piperidine rings is 1. The van der Waals surface area contributed by atoms with Gasteiger partial charge in [0.15, 0.2) is 0 Å². The number of hydrogen-bond acceptors (Lipinski definition) is 3. The number of hydrogen-bond donors (Lipinski definition) is 1. The van der Waals surface area contributed by atoms with Gasteiger partial charge in [0.1, 0.15) is 17.2 Å². The van der Waals surface area contributed by atoms with Crippen LogP contribution < -0.4 is 5.32 Å². The van der Waals surface area contributed by atoms with Crippen molar-refractivity contribution in [1.29, 1.82) is 0 Å². The average Bonchev–Trinajstić information content (AvgIpc) is 2.69. The van der Waals surface area contributed by atoms with Gasteiger partial charge in [0.05, 0.1) is 5.69 Å². The monoisotopic (exact) mass is 355 g/mol. The van der Waals surface area contributed by atoms with Crippen LogP contribution in [0.2, 0.25) is 0 Å². The maximum atomic E-state index is 13.7. The van der Waals surface area contributed by atoms with Crippen LogP contribution in [0.3, 0.4) is 0 Å². The predicted molar refractivity (Wildman–Crippen MR) is 97.6 cm³/mol. The third-order valence-electron chi connectivity index (χ3n) is 4.68. The molecule has 1 saturated heterocycles. The van der Waals surface area contributed by atoms with Crippen LogP contribution in [0, 0.1) is 5.82 Å². The second-order valence-corrected chi connectivity index (χ2v) is 6.40. The van der Waals surface area contributed by atoms with E-state index in [2.05, 4.69) is 17.2 Å². The van der Waals surface area contributed by atoms with Gasteiger partial charge in [-0.05, 0) is 49.9 Å². The van der Waals surface area contributed by atoms with E-state index in [1.807, 2.05) is 4.90 Å². The third-order valence-corrected chi connectivity index (χ3v) is 4.68. The molecule has 1 fully saturated rings. The van der Waals surface area contributed by atoms with Gasteiger partial charge in [0, 0.05) is 12.6 Å². The Bertz CT molecular complexity index is 809. The molecule has 1 aliphatic rings. The fourth-order valence-corrected chi connectivity index (χ4v) is 3.27. The number of aromatic nitrogens is 1. The van der Waals surface area contributed by atoms with Gasteiger partial charge in [-0.25, -0.2) is 9.37 Å². The molecular formula is C20H22FN3O2. The number of amides is 2. The lowest BCUT2D eigenvalue weighted by atomic mass is 9.99. The summed E-state index contributed by atoms with van der Waals surface area (Å²) < 4.78 is 13.7.